The van der Waals surface area contributed by atoms with Gasteiger partial charge in [-0.15, -0.1) is 0 Å². The number of para-hydroxylation sites is 1. The first-order valence-electron chi connectivity index (χ1n) is 5.15. The summed E-state index contributed by atoms with van der Waals surface area (Å²) in [5, 5.41) is 5.77. The van der Waals surface area contributed by atoms with Gasteiger partial charge < -0.3 is 15.6 Å². The summed E-state index contributed by atoms with van der Waals surface area (Å²) in [6, 6.07) is 6.37. The molecular formula is C11H9F3N4O. The molecular weight excluding hydrogens is 261 g/mol. The summed E-state index contributed by atoms with van der Waals surface area (Å²) in [4.78, 5) is 3.72. The predicted octanol–water partition coefficient (Wildman–Crippen LogP) is 2.75. The fourth-order valence-corrected chi connectivity index (χ4v) is 1.39. The third kappa shape index (κ3) is 3.24. The lowest BCUT2D eigenvalue weighted by Crippen LogP contribution is -2.24. The summed E-state index contributed by atoms with van der Waals surface area (Å²) in [6.45, 7) is 0. The Morgan fingerprint density at radius 1 is 1.26 bits per heavy atom. The fraction of sp³-hybridized carbons (Fsp3) is 0.0909. The molecule has 0 bridgehead atoms. The van der Waals surface area contributed by atoms with Crippen LogP contribution in [0.4, 0.5) is 24.7 Å². The average molecular weight is 270 g/mol. The van der Waals surface area contributed by atoms with Crippen LogP contribution in [0.1, 0.15) is 5.56 Å². The second-order valence-corrected chi connectivity index (χ2v) is 3.52. The highest BCUT2D eigenvalue weighted by molar-refractivity contribution is 5.94. The highest BCUT2D eigenvalue weighted by Gasteiger charge is 2.33. The number of benzene rings is 1. The number of hydrogen-bond acceptors (Lipinski definition) is 3. The van der Waals surface area contributed by atoms with Crippen molar-refractivity contribution in [3.05, 3.63) is 42.1 Å². The van der Waals surface area contributed by atoms with Gasteiger partial charge in [-0.1, -0.05) is 17.3 Å². The molecule has 8 heteroatoms. The Balaban J connectivity index is 2.24. The van der Waals surface area contributed by atoms with E-state index in [9.17, 15) is 13.2 Å². The van der Waals surface area contributed by atoms with Crippen molar-refractivity contribution in [1.82, 2.24) is 5.16 Å². The predicted molar refractivity (Wildman–Crippen MR) is 62.9 cm³/mol. The number of guanidine groups is 1. The van der Waals surface area contributed by atoms with Crippen LogP contribution in [0.15, 0.2) is 46.0 Å². The van der Waals surface area contributed by atoms with Gasteiger partial charge in [-0.25, -0.2) is 0 Å². The number of nitrogens with two attached hydrogens (primary N) is 1. The fourth-order valence-electron chi connectivity index (χ4n) is 1.39. The zero-order chi connectivity index (χ0) is 13.9. The lowest BCUT2D eigenvalue weighted by Gasteiger charge is -2.13. The van der Waals surface area contributed by atoms with Gasteiger partial charge in [-0.2, -0.15) is 18.2 Å². The molecule has 0 fully saturated rings. The van der Waals surface area contributed by atoms with Crippen LogP contribution in [0, 0.1) is 0 Å². The number of nitrogens with zero attached hydrogens (tertiary/aromatic N) is 2. The van der Waals surface area contributed by atoms with Gasteiger partial charge >= 0.3 is 6.18 Å². The van der Waals surface area contributed by atoms with Gasteiger partial charge in [-0.05, 0) is 12.1 Å². The summed E-state index contributed by atoms with van der Waals surface area (Å²) in [7, 11) is 0. The molecule has 1 aromatic heterocycles. The molecule has 0 atom stereocenters. The third-order valence-corrected chi connectivity index (χ3v) is 2.15. The van der Waals surface area contributed by atoms with Crippen LogP contribution in [0.2, 0.25) is 0 Å². The molecule has 0 spiro atoms. The number of aromatic nitrogens is 1. The number of alkyl halides is 3. The molecule has 0 saturated heterocycles. The smallest absolute Gasteiger partial charge is 0.369 e. The van der Waals surface area contributed by atoms with Crippen molar-refractivity contribution in [2.75, 3.05) is 5.32 Å². The van der Waals surface area contributed by atoms with Gasteiger partial charge in [-0.3, -0.25) is 0 Å². The molecule has 5 nitrogen and oxygen atoms in total. The Labute approximate surface area is 105 Å². The molecule has 19 heavy (non-hydrogen) atoms. The molecule has 0 unspecified atom stereocenters. The molecule has 0 saturated carbocycles. The van der Waals surface area contributed by atoms with Gasteiger partial charge in [0.15, 0.2) is 0 Å². The normalized spacial score (nSPS) is 12.5. The second-order valence-electron chi connectivity index (χ2n) is 3.52. The minimum absolute atomic E-state index is 0.0921. The van der Waals surface area contributed by atoms with Gasteiger partial charge in [0.05, 0.1) is 17.4 Å². The number of nitrogens with one attached hydrogen (secondary N) is 1. The third-order valence-electron chi connectivity index (χ3n) is 2.15. The molecule has 0 aliphatic carbocycles. The van der Waals surface area contributed by atoms with E-state index in [2.05, 4.69) is 20.0 Å². The van der Waals surface area contributed by atoms with E-state index in [0.29, 0.717) is 0 Å². The number of halogens is 3. The van der Waals surface area contributed by atoms with Crippen LogP contribution >= 0.6 is 0 Å². The van der Waals surface area contributed by atoms with Crippen LogP contribution in [-0.2, 0) is 6.18 Å². The molecule has 2 rings (SSSR count). The van der Waals surface area contributed by atoms with Crippen molar-refractivity contribution in [2.45, 2.75) is 6.18 Å². The van der Waals surface area contributed by atoms with E-state index in [0.717, 1.165) is 6.07 Å². The highest BCUT2D eigenvalue weighted by atomic mass is 19.4. The summed E-state index contributed by atoms with van der Waals surface area (Å²) in [5.74, 6) is -0.136. The summed E-state index contributed by atoms with van der Waals surface area (Å²) < 4.78 is 42.8. The molecule has 0 aliphatic heterocycles. The molecule has 3 N–H and O–H groups in total. The quantitative estimate of drug-likeness (QED) is 0.649. The van der Waals surface area contributed by atoms with Crippen LogP contribution in [0.25, 0.3) is 0 Å². The van der Waals surface area contributed by atoms with Gasteiger partial charge in [0, 0.05) is 6.07 Å². The van der Waals surface area contributed by atoms with Crippen LogP contribution in [-0.4, -0.2) is 11.1 Å². The van der Waals surface area contributed by atoms with Gasteiger partial charge in [0.1, 0.15) is 0 Å². The Bertz CT molecular complexity index is 578. The standard InChI is InChI=1S/C11H9F3N4O/c12-11(13,14)7-3-1-2-4-8(7)17-10(15)18-9-5-6-16-19-9/h1-6H,(H3,15,17,18). The first-order chi connectivity index (χ1) is 8.97. The largest absolute Gasteiger partial charge is 0.418 e. The SMILES string of the molecule is NC(=Nc1ccno1)Nc1ccccc1C(F)(F)F. The number of aliphatic imine (C=N–C) groups is 1. The highest BCUT2D eigenvalue weighted by Crippen LogP contribution is 2.34. The van der Waals surface area contributed by atoms with Crippen molar-refractivity contribution in [2.24, 2.45) is 10.7 Å². The van der Waals surface area contributed by atoms with E-state index in [1.54, 1.807) is 0 Å². The zero-order valence-electron chi connectivity index (χ0n) is 9.48. The van der Waals surface area contributed by atoms with Crippen LogP contribution in [0.5, 0.6) is 0 Å². The second kappa shape index (κ2) is 5.01. The maximum atomic E-state index is 12.7. The summed E-state index contributed by atoms with van der Waals surface area (Å²) >= 11 is 0. The van der Waals surface area contributed by atoms with Gasteiger partial charge in [0.2, 0.25) is 5.96 Å². The van der Waals surface area contributed by atoms with E-state index in [4.69, 9.17) is 5.73 Å². The zero-order valence-corrected chi connectivity index (χ0v) is 9.48. The summed E-state index contributed by atoms with van der Waals surface area (Å²) in [6.07, 6.45) is -3.13. The van der Waals surface area contributed by atoms with E-state index in [-0.39, 0.29) is 17.5 Å². The maximum Gasteiger partial charge on any atom is 0.418 e. The minimum atomic E-state index is -4.48. The van der Waals surface area contributed by atoms with E-state index >= 15 is 0 Å². The lowest BCUT2D eigenvalue weighted by molar-refractivity contribution is -0.136. The summed E-state index contributed by atoms with van der Waals surface area (Å²) in [5.41, 5.74) is 4.48. The maximum absolute atomic E-state index is 12.7. The van der Waals surface area contributed by atoms with Gasteiger partial charge in [0.25, 0.3) is 5.88 Å². The molecule has 0 radical (unpaired) electrons. The number of anilines is 1. The molecule has 1 aromatic carbocycles. The lowest BCUT2D eigenvalue weighted by atomic mass is 10.1. The van der Waals surface area contributed by atoms with Crippen molar-refractivity contribution >= 4 is 17.5 Å². The number of hydrogen-bond donors (Lipinski definition) is 2. The minimum Gasteiger partial charge on any atom is -0.369 e. The first kappa shape index (κ1) is 12.9. The van der Waals surface area contributed by atoms with Crippen molar-refractivity contribution < 1.29 is 17.7 Å². The number of rotatable bonds is 2. The average Bonchev–Trinajstić information content (AvgIpc) is 2.81. The Morgan fingerprint density at radius 2 is 2.00 bits per heavy atom. The Hall–Kier alpha value is -2.51. The Morgan fingerprint density at radius 3 is 2.63 bits per heavy atom. The molecule has 0 aliphatic rings. The van der Waals surface area contributed by atoms with Crippen molar-refractivity contribution in [1.29, 1.82) is 0 Å². The molecule has 2 aromatic rings. The topological polar surface area (TPSA) is 76.4 Å². The molecule has 0 amide bonds. The van der Waals surface area contributed by atoms with Crippen molar-refractivity contribution in [3.8, 4) is 0 Å². The molecule has 1 heterocycles. The van der Waals surface area contributed by atoms with Crippen LogP contribution < -0.4 is 11.1 Å². The van der Waals surface area contributed by atoms with Crippen molar-refractivity contribution in [3.63, 3.8) is 0 Å². The monoisotopic (exact) mass is 270 g/mol. The van der Waals surface area contributed by atoms with E-state index in [1.807, 2.05) is 0 Å². The van der Waals surface area contributed by atoms with E-state index < -0.39 is 11.7 Å². The Kier molecular flexibility index (Phi) is 3.41. The van der Waals surface area contributed by atoms with E-state index in [1.165, 1.54) is 30.5 Å². The van der Waals surface area contributed by atoms with Crippen LogP contribution in [0.3, 0.4) is 0 Å². The first-order valence-corrected chi connectivity index (χ1v) is 5.15. The molecule has 100 valence electrons.